The molecule has 0 aromatic rings. The molecule has 0 aliphatic heterocycles. The summed E-state index contributed by atoms with van der Waals surface area (Å²) in [6.07, 6.45) is -5.21. The zero-order chi connectivity index (χ0) is 9.72. The molecule has 0 fully saturated rings. The summed E-state index contributed by atoms with van der Waals surface area (Å²) in [5.41, 5.74) is 0. The molecular formula is C6H12O6. The van der Waals surface area contributed by atoms with Crippen LogP contribution in [0.25, 0.3) is 0 Å². The molecule has 0 rings (SSSR count). The van der Waals surface area contributed by atoms with Crippen LogP contribution in [-0.4, -0.2) is 62.8 Å². The Balaban J connectivity index is 4.09. The third kappa shape index (κ3) is 2.84. The average Bonchev–Trinajstić information content (AvgIpc) is 2.12. The van der Waals surface area contributed by atoms with Crippen LogP contribution in [0, 0.1) is 0 Å². The van der Waals surface area contributed by atoms with Crippen molar-refractivity contribution in [2.75, 3.05) is 13.2 Å². The second-order valence-electron chi connectivity index (χ2n) is 2.30. The molecule has 0 heterocycles. The van der Waals surface area contributed by atoms with Crippen LogP contribution in [0.5, 0.6) is 0 Å². The summed E-state index contributed by atoms with van der Waals surface area (Å²) >= 11 is 0. The highest BCUT2D eigenvalue weighted by atomic mass is 16.4. The van der Waals surface area contributed by atoms with E-state index in [2.05, 4.69) is 0 Å². The fraction of sp³-hybridized carbons (Fsp3) is 0.833. The van der Waals surface area contributed by atoms with E-state index in [1.807, 2.05) is 0 Å². The summed E-state index contributed by atoms with van der Waals surface area (Å²) in [4.78, 5) is 10.7. The number of hydrogen-bond donors (Lipinski definition) is 5. The minimum Gasteiger partial charge on any atom is -0.394 e. The Hall–Kier alpha value is -0.530. The normalized spacial score (nSPS) is 18.4. The quantitative estimate of drug-likeness (QED) is 0.283. The van der Waals surface area contributed by atoms with Gasteiger partial charge in [0.25, 0.3) is 0 Å². The van der Waals surface area contributed by atoms with Gasteiger partial charge < -0.3 is 25.5 Å². The lowest BCUT2D eigenvalue weighted by Gasteiger charge is -2.16. The van der Waals surface area contributed by atoms with E-state index in [9.17, 15) is 4.79 Å². The van der Waals surface area contributed by atoms with E-state index in [1.54, 1.807) is 0 Å². The van der Waals surface area contributed by atoms with E-state index in [0.717, 1.165) is 0 Å². The molecule has 3 atom stereocenters. The lowest BCUT2D eigenvalue weighted by molar-refractivity contribution is -0.144. The van der Waals surface area contributed by atoms with Gasteiger partial charge in [0.1, 0.15) is 18.3 Å². The van der Waals surface area contributed by atoms with Crippen molar-refractivity contribution < 1.29 is 30.3 Å². The molecule has 5 N–H and O–H groups in total. The average molecular weight is 182 g/mol. The number of aliphatic hydroxyl groups is 5. The van der Waals surface area contributed by atoms with E-state index in [0.29, 0.717) is 0 Å². The molecule has 0 unspecified atom stereocenters. The summed E-state index contributed by atoms with van der Waals surface area (Å²) in [5.74, 6) is -1.11. The van der Waals surface area contributed by atoms with Crippen LogP contribution in [-0.2, 0) is 4.79 Å². The highest BCUT2D eigenvalue weighted by molar-refractivity contribution is 5.87. The van der Waals surface area contributed by atoms with Crippen molar-refractivity contribution in [3.8, 4) is 0 Å². The predicted molar refractivity (Wildman–Crippen MR) is 37.2 cm³/mol. The fourth-order valence-corrected chi connectivity index (χ4v) is 0.577. The lowest BCUT2D eigenvalue weighted by Crippen LogP contribution is -2.43. The number of rotatable bonds is 5. The van der Waals surface area contributed by atoms with E-state index in [-0.39, 0.29) is 0 Å². The highest BCUT2D eigenvalue weighted by Crippen LogP contribution is 1.98. The zero-order valence-electron chi connectivity index (χ0n) is 6.29. The maximum Gasteiger partial charge on any atom is 0.194 e. The van der Waals surface area contributed by atoms with Crippen molar-refractivity contribution in [1.29, 1.82) is 0 Å². The van der Waals surface area contributed by atoms with E-state index in [1.165, 1.54) is 0 Å². The Labute approximate surface area is 68.7 Å². The van der Waals surface area contributed by atoms with Crippen LogP contribution in [0.4, 0.5) is 0 Å². The van der Waals surface area contributed by atoms with Crippen LogP contribution in [0.3, 0.4) is 0 Å². The third-order valence-electron chi connectivity index (χ3n) is 1.34. The predicted octanol–water partition coefficient (Wildman–Crippen LogP) is -3.38. The summed E-state index contributed by atoms with van der Waals surface area (Å²) in [5, 5.41) is 42.9. The topological polar surface area (TPSA) is 118 Å². The van der Waals surface area contributed by atoms with Gasteiger partial charge >= 0.3 is 0 Å². The van der Waals surface area contributed by atoms with Gasteiger partial charge in [-0.05, 0) is 0 Å². The summed E-state index contributed by atoms with van der Waals surface area (Å²) < 4.78 is 0. The van der Waals surface area contributed by atoms with E-state index < -0.39 is 37.3 Å². The molecule has 0 radical (unpaired) electrons. The molecule has 0 aliphatic carbocycles. The molecule has 12 heavy (non-hydrogen) atoms. The lowest BCUT2D eigenvalue weighted by atomic mass is 10.1. The number of carbonyl (C=O) groups is 1. The van der Waals surface area contributed by atoms with Crippen LogP contribution in [0.15, 0.2) is 0 Å². The smallest absolute Gasteiger partial charge is 0.194 e. The minimum atomic E-state index is -1.86. The van der Waals surface area contributed by atoms with Gasteiger partial charge in [-0.15, -0.1) is 0 Å². The maximum atomic E-state index is 10.7. The molecule has 0 spiro atoms. The Bertz CT molecular complexity index is 147. The summed E-state index contributed by atoms with van der Waals surface area (Å²) in [6, 6.07) is 0. The Morgan fingerprint density at radius 2 is 1.58 bits per heavy atom. The molecule has 6 nitrogen and oxygen atoms in total. The molecule has 0 amide bonds. The van der Waals surface area contributed by atoms with Gasteiger partial charge in [0, 0.05) is 0 Å². The minimum absolute atomic E-state index is 0.787. The number of aliphatic hydroxyl groups excluding tert-OH is 5. The van der Waals surface area contributed by atoms with E-state index in [4.69, 9.17) is 25.5 Å². The number of ketones is 1. The van der Waals surface area contributed by atoms with Gasteiger partial charge in [-0.25, -0.2) is 0 Å². The molecule has 0 saturated carbocycles. The van der Waals surface area contributed by atoms with Crippen LogP contribution >= 0.6 is 0 Å². The van der Waals surface area contributed by atoms with E-state index >= 15 is 0 Å². The van der Waals surface area contributed by atoms with Gasteiger partial charge in [-0.2, -0.15) is 0 Å². The van der Waals surface area contributed by atoms with Crippen LogP contribution < -0.4 is 0 Å². The zero-order valence-corrected chi connectivity index (χ0v) is 6.29. The molecule has 72 valence electrons. The van der Waals surface area contributed by atoms with Gasteiger partial charge in [0.15, 0.2) is 5.78 Å². The number of hydrogen-bond acceptors (Lipinski definition) is 6. The van der Waals surface area contributed by atoms with Crippen molar-refractivity contribution in [1.82, 2.24) is 0 Å². The summed E-state index contributed by atoms with van der Waals surface area (Å²) in [6.45, 7) is -1.61. The Kier molecular flexibility index (Phi) is 4.95. The fourth-order valence-electron chi connectivity index (χ4n) is 0.577. The Morgan fingerprint density at radius 1 is 1.08 bits per heavy atom. The van der Waals surface area contributed by atoms with Gasteiger partial charge in [-0.3, -0.25) is 4.79 Å². The first-order chi connectivity index (χ1) is 5.54. The van der Waals surface area contributed by atoms with Gasteiger partial charge in [-0.1, -0.05) is 0 Å². The van der Waals surface area contributed by atoms with Crippen molar-refractivity contribution in [2.24, 2.45) is 0 Å². The maximum absolute atomic E-state index is 10.7. The molecule has 0 aromatic carbocycles. The Morgan fingerprint density at radius 3 is 1.92 bits per heavy atom. The standard InChI is InChI=1S/C6H12O6/c7-1-3(9)5(11)6(12)4(10)2-8/h3-5,7-11H,1-2H2/t3-,4+,5-/m1/s1/i1+1,2+1. The molecule has 0 aromatic heterocycles. The number of Topliss-reactive ketones (excluding diaryl/α,β-unsaturated/α-hetero) is 1. The SMILES string of the molecule is O=C([C@@H](O)[13CH2]O)[C@H](O)[C@H](O)[13CH2]O. The second kappa shape index (κ2) is 5.18. The van der Waals surface area contributed by atoms with Crippen molar-refractivity contribution in [2.45, 2.75) is 18.3 Å². The monoisotopic (exact) mass is 182 g/mol. The second-order valence-corrected chi connectivity index (χ2v) is 2.30. The molecule has 0 aliphatic rings. The van der Waals surface area contributed by atoms with Gasteiger partial charge in [0.05, 0.1) is 13.2 Å². The van der Waals surface area contributed by atoms with Gasteiger partial charge in [0.2, 0.25) is 0 Å². The van der Waals surface area contributed by atoms with Crippen molar-refractivity contribution in [3.05, 3.63) is 0 Å². The van der Waals surface area contributed by atoms with Crippen molar-refractivity contribution >= 4 is 5.78 Å². The van der Waals surface area contributed by atoms with Crippen molar-refractivity contribution in [3.63, 3.8) is 0 Å². The largest absolute Gasteiger partial charge is 0.394 e. The number of carbonyl (C=O) groups excluding carboxylic acids is 1. The molecular weight excluding hydrogens is 170 g/mol. The first-order valence-electron chi connectivity index (χ1n) is 3.34. The van der Waals surface area contributed by atoms with Crippen LogP contribution in [0.1, 0.15) is 0 Å². The molecule has 6 heteroatoms. The molecule has 0 saturated heterocycles. The molecule has 0 bridgehead atoms. The van der Waals surface area contributed by atoms with Crippen LogP contribution in [0.2, 0.25) is 0 Å². The first-order valence-corrected chi connectivity index (χ1v) is 3.34. The highest BCUT2D eigenvalue weighted by Gasteiger charge is 2.28. The summed E-state index contributed by atoms with van der Waals surface area (Å²) in [7, 11) is 0. The third-order valence-corrected chi connectivity index (χ3v) is 1.34. The first kappa shape index (κ1) is 11.5.